The highest BCUT2D eigenvalue weighted by atomic mass is 16.5. The number of amides is 1. The zero-order valence-corrected chi connectivity index (χ0v) is 17.7. The average Bonchev–Trinajstić information content (AvgIpc) is 3.11. The van der Waals surface area contributed by atoms with Crippen molar-refractivity contribution in [3.63, 3.8) is 0 Å². The van der Waals surface area contributed by atoms with Gasteiger partial charge in [-0.2, -0.15) is 5.10 Å². The Balaban J connectivity index is 1.58. The minimum Gasteiger partial charge on any atom is -0.462 e. The third-order valence-corrected chi connectivity index (χ3v) is 5.15. The zero-order valence-electron chi connectivity index (χ0n) is 17.7. The Hall–Kier alpha value is -2.67. The fourth-order valence-corrected chi connectivity index (χ4v) is 3.59. The first kappa shape index (κ1) is 22.0. The SMILES string of the molecule is CCc1nn(CCCCOC(=O)c2ccccc2)c2c1C(=O)NCCCOCCC2. The smallest absolute Gasteiger partial charge is 0.338 e. The van der Waals surface area contributed by atoms with Crippen LogP contribution in [0.2, 0.25) is 0 Å². The molecule has 1 amide bonds. The van der Waals surface area contributed by atoms with Gasteiger partial charge in [0.2, 0.25) is 0 Å². The van der Waals surface area contributed by atoms with Gasteiger partial charge in [0.1, 0.15) is 0 Å². The third-order valence-electron chi connectivity index (χ3n) is 5.15. The number of hydrogen-bond acceptors (Lipinski definition) is 5. The maximum Gasteiger partial charge on any atom is 0.338 e. The highest BCUT2D eigenvalue weighted by molar-refractivity contribution is 5.96. The molecule has 3 rings (SSSR count). The van der Waals surface area contributed by atoms with Crippen molar-refractivity contribution in [1.29, 1.82) is 0 Å². The van der Waals surface area contributed by atoms with Crippen LogP contribution in [0.5, 0.6) is 0 Å². The largest absolute Gasteiger partial charge is 0.462 e. The number of rotatable bonds is 7. The number of carbonyl (C=O) groups excluding carboxylic acids is 2. The number of nitrogens with zero attached hydrogens (tertiary/aromatic N) is 2. The van der Waals surface area contributed by atoms with Crippen molar-refractivity contribution in [3.8, 4) is 0 Å². The van der Waals surface area contributed by atoms with E-state index in [2.05, 4.69) is 5.32 Å². The van der Waals surface area contributed by atoms with E-state index in [1.54, 1.807) is 12.1 Å². The molecule has 0 atom stereocenters. The maximum absolute atomic E-state index is 12.8. The van der Waals surface area contributed by atoms with E-state index in [0.717, 1.165) is 49.1 Å². The Bertz CT molecular complexity index is 832. The Labute approximate surface area is 177 Å². The van der Waals surface area contributed by atoms with Gasteiger partial charge in [-0.15, -0.1) is 0 Å². The minimum absolute atomic E-state index is 0.0354. The number of nitrogens with one attached hydrogen (secondary N) is 1. The molecular formula is C23H31N3O4. The van der Waals surface area contributed by atoms with Crippen molar-refractivity contribution in [3.05, 3.63) is 52.8 Å². The number of benzene rings is 1. The van der Waals surface area contributed by atoms with Gasteiger partial charge in [0, 0.05) is 26.3 Å². The van der Waals surface area contributed by atoms with E-state index in [9.17, 15) is 9.59 Å². The molecule has 30 heavy (non-hydrogen) atoms. The predicted molar refractivity (Wildman–Crippen MR) is 114 cm³/mol. The van der Waals surface area contributed by atoms with Crippen molar-refractivity contribution < 1.29 is 19.1 Å². The van der Waals surface area contributed by atoms with Crippen LogP contribution in [-0.4, -0.2) is 48.0 Å². The van der Waals surface area contributed by atoms with Crippen molar-refractivity contribution in [2.75, 3.05) is 26.4 Å². The highest BCUT2D eigenvalue weighted by Gasteiger charge is 2.22. The van der Waals surface area contributed by atoms with Gasteiger partial charge in [0.15, 0.2) is 0 Å². The molecule has 0 radical (unpaired) electrons. The third kappa shape index (κ3) is 5.92. The quantitative estimate of drug-likeness (QED) is 0.557. The van der Waals surface area contributed by atoms with Crippen LogP contribution in [0.3, 0.4) is 0 Å². The molecule has 0 bridgehead atoms. The van der Waals surface area contributed by atoms with Crippen LogP contribution in [0.1, 0.15) is 64.7 Å². The number of esters is 1. The molecule has 0 saturated heterocycles. The lowest BCUT2D eigenvalue weighted by atomic mass is 10.1. The highest BCUT2D eigenvalue weighted by Crippen LogP contribution is 2.19. The van der Waals surface area contributed by atoms with Crippen LogP contribution in [0.15, 0.2) is 30.3 Å². The standard InChI is InChI=1S/C23H31N3O4/c1-2-19-21-20(12-8-15-29-16-9-13-24-22(21)27)26(25-19)14-6-7-17-30-23(28)18-10-4-3-5-11-18/h3-5,10-11H,2,6-9,12-17H2,1H3,(H,24,27). The molecule has 2 heterocycles. The monoisotopic (exact) mass is 413 g/mol. The number of unbranched alkanes of at least 4 members (excludes halogenated alkanes) is 1. The molecule has 162 valence electrons. The number of ether oxygens (including phenoxy) is 2. The first-order valence-corrected chi connectivity index (χ1v) is 10.9. The van der Waals surface area contributed by atoms with Crippen molar-refractivity contribution in [2.24, 2.45) is 0 Å². The Morgan fingerprint density at radius 1 is 1.20 bits per heavy atom. The van der Waals surface area contributed by atoms with E-state index < -0.39 is 0 Å². The lowest BCUT2D eigenvalue weighted by molar-refractivity contribution is 0.0496. The minimum atomic E-state index is -0.298. The molecule has 1 N–H and O–H groups in total. The van der Waals surface area contributed by atoms with Crippen molar-refractivity contribution in [1.82, 2.24) is 15.1 Å². The number of aryl methyl sites for hydroxylation is 2. The molecule has 0 spiro atoms. The summed E-state index contributed by atoms with van der Waals surface area (Å²) in [5.41, 5.74) is 3.12. The first-order chi connectivity index (χ1) is 14.7. The molecule has 7 nitrogen and oxygen atoms in total. The number of fused-ring (bicyclic) bond motifs is 1. The van der Waals surface area contributed by atoms with Gasteiger partial charge >= 0.3 is 5.97 Å². The molecule has 0 fully saturated rings. The average molecular weight is 414 g/mol. The van der Waals surface area contributed by atoms with E-state index in [4.69, 9.17) is 14.6 Å². The normalized spacial score (nSPS) is 15.0. The summed E-state index contributed by atoms with van der Waals surface area (Å²) in [7, 11) is 0. The Kier molecular flexibility index (Phi) is 8.44. The van der Waals surface area contributed by atoms with E-state index in [1.165, 1.54) is 0 Å². The molecule has 1 aromatic heterocycles. The maximum atomic E-state index is 12.8. The van der Waals surface area contributed by atoms with Crippen LogP contribution < -0.4 is 5.32 Å². The fourth-order valence-electron chi connectivity index (χ4n) is 3.59. The zero-order chi connectivity index (χ0) is 21.2. The second-order valence-corrected chi connectivity index (χ2v) is 7.38. The summed E-state index contributed by atoms with van der Waals surface area (Å²) in [6.45, 7) is 5.06. The molecule has 0 aliphatic carbocycles. The van der Waals surface area contributed by atoms with Crippen LogP contribution in [0, 0.1) is 0 Å². The van der Waals surface area contributed by atoms with Crippen LogP contribution in [0.25, 0.3) is 0 Å². The lowest BCUT2D eigenvalue weighted by Crippen LogP contribution is -2.26. The van der Waals surface area contributed by atoms with E-state index in [1.807, 2.05) is 29.8 Å². The second kappa shape index (κ2) is 11.5. The molecule has 1 aromatic carbocycles. The lowest BCUT2D eigenvalue weighted by Gasteiger charge is -2.10. The van der Waals surface area contributed by atoms with Gasteiger partial charge in [0.05, 0.1) is 29.1 Å². The predicted octanol–water partition coefficient (Wildman–Crippen LogP) is 3.17. The fraction of sp³-hybridized carbons (Fsp3) is 0.522. The molecule has 1 aliphatic rings. The van der Waals surface area contributed by atoms with Crippen molar-refractivity contribution >= 4 is 11.9 Å². The summed E-state index contributed by atoms with van der Waals surface area (Å²) >= 11 is 0. The van der Waals surface area contributed by atoms with E-state index >= 15 is 0 Å². The van der Waals surface area contributed by atoms with Gasteiger partial charge < -0.3 is 14.8 Å². The second-order valence-electron chi connectivity index (χ2n) is 7.38. The van der Waals surface area contributed by atoms with Gasteiger partial charge in [-0.1, -0.05) is 25.1 Å². The number of aromatic nitrogens is 2. The Morgan fingerprint density at radius 2 is 2.00 bits per heavy atom. The summed E-state index contributed by atoms with van der Waals surface area (Å²) in [6, 6.07) is 9.01. The van der Waals surface area contributed by atoms with Crippen LogP contribution in [0.4, 0.5) is 0 Å². The summed E-state index contributed by atoms with van der Waals surface area (Å²) in [4.78, 5) is 24.8. The first-order valence-electron chi connectivity index (χ1n) is 10.9. The summed E-state index contributed by atoms with van der Waals surface area (Å²) in [5.74, 6) is -0.333. The van der Waals surface area contributed by atoms with Gasteiger partial charge in [-0.3, -0.25) is 9.48 Å². The van der Waals surface area contributed by atoms with Crippen LogP contribution >= 0.6 is 0 Å². The molecular weight excluding hydrogens is 382 g/mol. The number of hydrogen-bond donors (Lipinski definition) is 1. The van der Waals surface area contributed by atoms with Crippen LogP contribution in [-0.2, 0) is 28.9 Å². The molecule has 0 unspecified atom stereocenters. The van der Waals surface area contributed by atoms with E-state index in [-0.39, 0.29) is 11.9 Å². The molecule has 2 aromatic rings. The van der Waals surface area contributed by atoms with Crippen molar-refractivity contribution in [2.45, 2.75) is 52.0 Å². The number of carbonyl (C=O) groups is 2. The van der Waals surface area contributed by atoms with Gasteiger partial charge in [0.25, 0.3) is 5.91 Å². The topological polar surface area (TPSA) is 82.5 Å². The molecule has 0 saturated carbocycles. The molecule has 7 heteroatoms. The van der Waals surface area contributed by atoms with Gasteiger partial charge in [-0.05, 0) is 50.7 Å². The van der Waals surface area contributed by atoms with Gasteiger partial charge in [-0.25, -0.2) is 4.79 Å². The van der Waals surface area contributed by atoms with E-state index in [0.29, 0.717) is 44.9 Å². The molecule has 1 aliphatic heterocycles. The summed E-state index contributed by atoms with van der Waals surface area (Å²) in [5, 5.41) is 7.72. The summed E-state index contributed by atoms with van der Waals surface area (Å²) < 4.78 is 12.9. The summed E-state index contributed by atoms with van der Waals surface area (Å²) in [6.07, 6.45) is 4.72. The Morgan fingerprint density at radius 3 is 2.80 bits per heavy atom.